The summed E-state index contributed by atoms with van der Waals surface area (Å²) < 4.78 is 69.1. The maximum absolute atomic E-state index is 13.6. The van der Waals surface area contributed by atoms with Gasteiger partial charge < -0.3 is 56.8 Å². The Labute approximate surface area is 525 Å². The fourth-order valence-corrected chi connectivity index (χ4v) is 8.95. The second-order valence-electron chi connectivity index (χ2n) is 26.8. The third kappa shape index (κ3) is 20.1. The van der Waals surface area contributed by atoms with Gasteiger partial charge in [-0.3, -0.25) is 0 Å². The number of carbonyl (C=O) groups excluding carboxylic acids is 6. The van der Waals surface area contributed by atoms with Crippen LogP contribution in [-0.4, -0.2) is 70.5 Å². The standard InChI is InChI=1S/C72H78O18/c1-67(2,3)85-61(73)79-49-36-34-43(35-37-49)55-56(44-24-19-29-50(38-44)80-62(74)86-68(4,5)6)58(46-26-21-31-52(40-46)82-64(76)88-70(10,11)12)60(48-28-23-33-54(42-48)84-66(78)90-72(16,17)18)59(47-27-22-32-53(41-47)83-65(77)89-71(13,14)15)57(55)45-25-20-30-51(39-45)81-63(75)87-69(7,8)9/h19-42H,1-18H3. The van der Waals surface area contributed by atoms with Crippen molar-refractivity contribution in [2.75, 3.05) is 0 Å². The van der Waals surface area contributed by atoms with Gasteiger partial charge in [0.2, 0.25) is 0 Å². The van der Waals surface area contributed by atoms with E-state index in [9.17, 15) is 28.8 Å². The van der Waals surface area contributed by atoms with Gasteiger partial charge in [-0.05, 0) is 264 Å². The third-order valence-corrected chi connectivity index (χ3v) is 11.8. The van der Waals surface area contributed by atoms with Gasteiger partial charge in [-0.15, -0.1) is 0 Å². The summed E-state index contributed by atoms with van der Waals surface area (Å²) in [5.41, 5.74) is -0.458. The predicted octanol–water partition coefficient (Wildman–Crippen LogP) is 19.6. The van der Waals surface area contributed by atoms with E-state index < -0.39 is 70.5 Å². The first-order valence-electron chi connectivity index (χ1n) is 29.1. The molecular weight excluding hydrogens is 1150 g/mol. The van der Waals surface area contributed by atoms with Crippen molar-refractivity contribution in [3.05, 3.63) is 146 Å². The van der Waals surface area contributed by atoms with Gasteiger partial charge in [0.15, 0.2) is 0 Å². The van der Waals surface area contributed by atoms with Crippen LogP contribution in [0.1, 0.15) is 125 Å². The maximum atomic E-state index is 13.6. The van der Waals surface area contributed by atoms with Gasteiger partial charge in [0.05, 0.1) is 0 Å². The fraction of sp³-hybridized carbons (Fsp3) is 0.333. The molecule has 0 unspecified atom stereocenters. The number of carbonyl (C=O) groups is 6. The normalized spacial score (nSPS) is 11.9. The molecule has 0 bridgehead atoms. The highest BCUT2D eigenvalue weighted by atomic mass is 16.8. The Balaban J connectivity index is 1.77. The van der Waals surface area contributed by atoms with Crippen molar-refractivity contribution in [3.8, 4) is 101 Å². The lowest BCUT2D eigenvalue weighted by atomic mass is 9.74. The zero-order valence-corrected chi connectivity index (χ0v) is 54.2. The second kappa shape index (κ2) is 26.9. The van der Waals surface area contributed by atoms with Crippen molar-refractivity contribution in [2.45, 2.75) is 158 Å². The Morgan fingerprint density at radius 3 is 0.556 bits per heavy atom. The van der Waals surface area contributed by atoms with Gasteiger partial charge in [-0.1, -0.05) is 72.8 Å². The quantitative estimate of drug-likeness (QED) is 0.0632. The lowest BCUT2D eigenvalue weighted by Gasteiger charge is -2.29. The molecule has 0 amide bonds. The van der Waals surface area contributed by atoms with Crippen molar-refractivity contribution >= 4 is 36.9 Å². The number of benzene rings is 7. The molecule has 7 aromatic rings. The van der Waals surface area contributed by atoms with Gasteiger partial charge in [0.1, 0.15) is 68.1 Å². The second-order valence-corrected chi connectivity index (χ2v) is 26.8. The molecule has 90 heavy (non-hydrogen) atoms. The lowest BCUT2D eigenvalue weighted by Crippen LogP contribution is -2.26. The van der Waals surface area contributed by atoms with Crippen LogP contribution in [0, 0.1) is 0 Å². The molecule has 0 aromatic heterocycles. The molecule has 0 spiro atoms. The molecule has 18 heteroatoms. The molecule has 7 aromatic carbocycles. The molecule has 0 N–H and O–H groups in total. The van der Waals surface area contributed by atoms with Gasteiger partial charge in [-0.25, -0.2) is 28.8 Å². The Morgan fingerprint density at radius 2 is 0.378 bits per heavy atom. The Bertz CT molecular complexity index is 3620. The summed E-state index contributed by atoms with van der Waals surface area (Å²) in [6.45, 7) is 30.7. The molecule has 0 fully saturated rings. The molecular formula is C72H78O18. The molecule has 474 valence electrons. The fourth-order valence-electron chi connectivity index (χ4n) is 8.95. The van der Waals surface area contributed by atoms with E-state index in [4.69, 9.17) is 56.8 Å². The molecule has 0 aliphatic heterocycles. The van der Waals surface area contributed by atoms with Crippen molar-refractivity contribution < 1.29 is 85.6 Å². The molecule has 0 radical (unpaired) electrons. The summed E-state index contributed by atoms with van der Waals surface area (Å²) in [5, 5.41) is 0. The van der Waals surface area contributed by atoms with Crippen LogP contribution in [0.5, 0.6) is 34.5 Å². The van der Waals surface area contributed by atoms with Gasteiger partial charge in [-0.2, -0.15) is 0 Å². The molecule has 0 heterocycles. The average Bonchev–Trinajstić information content (AvgIpc) is 0.719. The van der Waals surface area contributed by atoms with E-state index in [-0.39, 0.29) is 34.5 Å². The van der Waals surface area contributed by atoms with Crippen LogP contribution in [0.2, 0.25) is 0 Å². The molecule has 7 rings (SSSR count). The monoisotopic (exact) mass is 1230 g/mol. The zero-order valence-electron chi connectivity index (χ0n) is 54.2. The van der Waals surface area contributed by atoms with E-state index in [1.807, 2.05) is 0 Å². The van der Waals surface area contributed by atoms with Crippen LogP contribution in [-0.2, 0) is 28.4 Å². The summed E-state index contributed by atoms with van der Waals surface area (Å²) in [6, 6.07) is 40.3. The smallest absolute Gasteiger partial charge is 0.428 e. The minimum atomic E-state index is -0.987. The minimum absolute atomic E-state index is 0.0657. The van der Waals surface area contributed by atoms with Crippen LogP contribution in [0.3, 0.4) is 0 Å². The summed E-state index contributed by atoms with van der Waals surface area (Å²) in [6.07, 6.45) is -5.88. The number of hydrogen-bond acceptors (Lipinski definition) is 18. The summed E-state index contributed by atoms with van der Waals surface area (Å²) in [5.74, 6) is 0.463. The maximum Gasteiger partial charge on any atom is 0.514 e. The first-order chi connectivity index (χ1) is 41.7. The topological polar surface area (TPSA) is 213 Å². The molecule has 0 aliphatic carbocycles. The number of rotatable bonds is 12. The van der Waals surface area contributed by atoms with E-state index >= 15 is 0 Å². The summed E-state index contributed by atoms with van der Waals surface area (Å²) >= 11 is 0. The van der Waals surface area contributed by atoms with Crippen molar-refractivity contribution in [1.29, 1.82) is 0 Å². The van der Waals surface area contributed by atoms with E-state index in [2.05, 4.69) is 0 Å². The van der Waals surface area contributed by atoms with Crippen LogP contribution in [0.25, 0.3) is 66.8 Å². The van der Waals surface area contributed by atoms with Crippen molar-refractivity contribution in [3.63, 3.8) is 0 Å². The van der Waals surface area contributed by atoms with E-state index in [1.54, 1.807) is 270 Å². The number of hydrogen-bond donors (Lipinski definition) is 0. The highest BCUT2D eigenvalue weighted by Gasteiger charge is 2.33. The Morgan fingerprint density at radius 1 is 0.211 bits per heavy atom. The van der Waals surface area contributed by atoms with Crippen LogP contribution < -0.4 is 28.4 Å². The predicted molar refractivity (Wildman–Crippen MR) is 340 cm³/mol. The van der Waals surface area contributed by atoms with Crippen LogP contribution in [0.4, 0.5) is 28.8 Å². The van der Waals surface area contributed by atoms with Crippen molar-refractivity contribution in [1.82, 2.24) is 0 Å². The highest BCUT2D eigenvalue weighted by molar-refractivity contribution is 6.15. The SMILES string of the molecule is CC(C)(C)OC(=O)Oc1ccc(-c2c(-c3cccc(OC(=O)OC(C)(C)C)c3)c(-c3cccc(OC(=O)OC(C)(C)C)c3)c(-c3cccc(OC(=O)OC(C)(C)C)c3)c(-c3cccc(OC(=O)OC(C)(C)C)c3)c2-c2cccc(OC(=O)OC(C)(C)C)c2)cc1. The zero-order chi connectivity index (χ0) is 66.3. The van der Waals surface area contributed by atoms with Crippen LogP contribution in [0.15, 0.2) is 146 Å². The van der Waals surface area contributed by atoms with Crippen molar-refractivity contribution in [2.24, 2.45) is 0 Å². The molecule has 0 aliphatic rings. The first kappa shape index (κ1) is 67.7. The molecule has 18 nitrogen and oxygen atoms in total. The van der Waals surface area contributed by atoms with Crippen LogP contribution >= 0.6 is 0 Å². The molecule has 0 saturated heterocycles. The largest absolute Gasteiger partial charge is 0.514 e. The lowest BCUT2D eigenvalue weighted by molar-refractivity contribution is 0.0193. The Hall–Kier alpha value is -9.84. The van der Waals surface area contributed by atoms with Gasteiger partial charge >= 0.3 is 36.9 Å². The minimum Gasteiger partial charge on any atom is -0.428 e. The first-order valence-corrected chi connectivity index (χ1v) is 29.1. The summed E-state index contributed by atoms with van der Waals surface area (Å²) in [4.78, 5) is 81.2. The van der Waals surface area contributed by atoms with Gasteiger partial charge in [0.25, 0.3) is 0 Å². The number of ether oxygens (including phenoxy) is 12. The van der Waals surface area contributed by atoms with Gasteiger partial charge in [0, 0.05) is 0 Å². The Kier molecular flexibility index (Phi) is 20.2. The van der Waals surface area contributed by atoms with E-state index in [0.717, 1.165) is 0 Å². The average molecular weight is 1230 g/mol. The highest BCUT2D eigenvalue weighted by Crippen LogP contribution is 2.57. The molecule has 0 atom stereocenters. The van der Waals surface area contributed by atoms with E-state index in [1.165, 1.54) is 0 Å². The third-order valence-electron chi connectivity index (χ3n) is 11.8. The summed E-state index contributed by atoms with van der Waals surface area (Å²) in [7, 11) is 0. The van der Waals surface area contributed by atoms with E-state index in [0.29, 0.717) is 66.8 Å². The molecule has 0 saturated carbocycles.